The van der Waals surface area contributed by atoms with E-state index in [0.717, 1.165) is 6.42 Å². The molecule has 2 atom stereocenters. The van der Waals surface area contributed by atoms with Crippen molar-refractivity contribution in [2.45, 2.75) is 81.6 Å². The van der Waals surface area contributed by atoms with E-state index in [1.807, 2.05) is 36.4 Å². The quantitative estimate of drug-likeness (QED) is 0.248. The molecular weight excluding hydrogens is 623 g/mol. The fourth-order valence-corrected chi connectivity index (χ4v) is 8.84. The van der Waals surface area contributed by atoms with Crippen LogP contribution in [0.4, 0.5) is 0 Å². The minimum atomic E-state index is 0. The zero-order valence-electron chi connectivity index (χ0n) is 28.7. The average Bonchev–Trinajstić information content (AvgIpc) is 3.69. The van der Waals surface area contributed by atoms with Crippen LogP contribution in [0.25, 0.3) is 5.57 Å². The van der Waals surface area contributed by atoms with Crippen molar-refractivity contribution < 1.29 is 44.8 Å². The second-order valence-electron chi connectivity index (χ2n) is 14.7. The van der Waals surface area contributed by atoms with Crippen LogP contribution in [-0.2, 0) is 26.4 Å². The van der Waals surface area contributed by atoms with Crippen molar-refractivity contribution >= 4 is 9.38 Å². The summed E-state index contributed by atoms with van der Waals surface area (Å²) >= 11 is 2.12. The molecule has 45 heavy (non-hydrogen) atoms. The SMILES string of the molecule is C[C-]1C2=C3Cc4ccccc4C3=C3C=CCCC3C2(C)C(C)(C)C(C)(C)C1(C)C.C[C](=[Ti+2])c1ccccc1.[Cl-].[Cl-].c1cc[cH-]c1. The molecule has 4 aliphatic carbocycles. The van der Waals surface area contributed by atoms with Crippen molar-refractivity contribution in [2.75, 3.05) is 0 Å². The van der Waals surface area contributed by atoms with Crippen LogP contribution in [0.3, 0.4) is 0 Å². The minimum absolute atomic E-state index is 0. The number of halogens is 2. The molecule has 0 bridgehead atoms. The third kappa shape index (κ3) is 6.00. The van der Waals surface area contributed by atoms with Crippen molar-refractivity contribution in [3.05, 3.63) is 136 Å². The van der Waals surface area contributed by atoms with Crippen molar-refractivity contribution in [1.29, 1.82) is 0 Å². The molecule has 3 heteroatoms. The van der Waals surface area contributed by atoms with Gasteiger partial charge in [-0.3, -0.25) is 0 Å². The Kier molecular flexibility index (Phi) is 11.7. The first-order chi connectivity index (χ1) is 20.3. The van der Waals surface area contributed by atoms with E-state index in [1.165, 1.54) is 33.3 Å². The van der Waals surface area contributed by atoms with Crippen LogP contribution in [0.5, 0.6) is 0 Å². The Morgan fingerprint density at radius 2 is 1.42 bits per heavy atom. The molecular formula is C42H50Cl2Ti-2. The monoisotopic (exact) mass is 672 g/mol. The van der Waals surface area contributed by atoms with Crippen LogP contribution in [-0.4, -0.2) is 3.81 Å². The molecule has 4 aliphatic rings. The van der Waals surface area contributed by atoms with E-state index in [2.05, 4.69) is 143 Å². The predicted molar refractivity (Wildman–Crippen MR) is 183 cm³/mol. The zero-order valence-corrected chi connectivity index (χ0v) is 31.8. The molecule has 3 aromatic rings. The second kappa shape index (κ2) is 14.0. The van der Waals surface area contributed by atoms with Gasteiger partial charge in [0.25, 0.3) is 0 Å². The van der Waals surface area contributed by atoms with Gasteiger partial charge in [-0.15, -0.1) is 6.92 Å². The third-order valence-corrected chi connectivity index (χ3v) is 13.0. The third-order valence-electron chi connectivity index (χ3n) is 12.6. The second-order valence-corrected chi connectivity index (χ2v) is 15.9. The molecule has 0 amide bonds. The Morgan fingerprint density at radius 1 is 0.822 bits per heavy atom. The van der Waals surface area contributed by atoms with E-state index in [4.69, 9.17) is 0 Å². The fraction of sp³-hybridized carbons (Fsp3) is 0.405. The summed E-state index contributed by atoms with van der Waals surface area (Å²) in [6, 6.07) is 29.6. The normalized spacial score (nSPS) is 24.2. The molecule has 0 radical (unpaired) electrons. The van der Waals surface area contributed by atoms with E-state index in [9.17, 15) is 0 Å². The molecule has 0 N–H and O–H groups in total. The Morgan fingerprint density at radius 3 is 1.98 bits per heavy atom. The maximum atomic E-state index is 2.62. The molecule has 0 nitrogen and oxygen atoms in total. The Bertz CT molecular complexity index is 1550. The number of rotatable bonds is 1. The molecule has 7 rings (SSSR count). The van der Waals surface area contributed by atoms with E-state index >= 15 is 0 Å². The van der Waals surface area contributed by atoms with Crippen LogP contribution in [0.15, 0.2) is 114 Å². The molecule has 0 aromatic heterocycles. The topological polar surface area (TPSA) is 0 Å². The Hall–Kier alpha value is -1.96. The Labute approximate surface area is 298 Å². The molecule has 2 unspecified atom stereocenters. The summed E-state index contributed by atoms with van der Waals surface area (Å²) in [6.07, 6.45) is 8.50. The maximum absolute atomic E-state index is 2.62. The summed E-state index contributed by atoms with van der Waals surface area (Å²) in [5.41, 5.74) is 11.6. The van der Waals surface area contributed by atoms with Crippen molar-refractivity contribution in [1.82, 2.24) is 0 Å². The number of fused-ring (bicyclic) bond motifs is 6. The van der Waals surface area contributed by atoms with Crippen LogP contribution in [0, 0.1) is 33.5 Å². The average molecular weight is 674 g/mol. The smallest absolute Gasteiger partial charge is 0.172 e. The van der Waals surface area contributed by atoms with E-state index < -0.39 is 0 Å². The molecule has 1 saturated carbocycles. The van der Waals surface area contributed by atoms with Gasteiger partial charge in [-0.1, -0.05) is 113 Å². The van der Waals surface area contributed by atoms with Gasteiger partial charge in [0.2, 0.25) is 0 Å². The van der Waals surface area contributed by atoms with Gasteiger partial charge in [0.15, 0.2) is 0 Å². The van der Waals surface area contributed by atoms with Crippen LogP contribution < -0.4 is 24.8 Å². The predicted octanol–water partition coefficient (Wildman–Crippen LogP) is 5.15. The van der Waals surface area contributed by atoms with Crippen molar-refractivity contribution in [2.24, 2.45) is 27.6 Å². The van der Waals surface area contributed by atoms with Crippen LogP contribution in [0.1, 0.15) is 91.8 Å². The summed E-state index contributed by atoms with van der Waals surface area (Å²) in [7, 11) is 0. The fourth-order valence-electron chi connectivity index (χ4n) is 8.58. The minimum Gasteiger partial charge on any atom is -1.00 e. The van der Waals surface area contributed by atoms with Crippen LogP contribution >= 0.6 is 0 Å². The van der Waals surface area contributed by atoms with E-state index in [1.54, 1.807) is 28.2 Å². The van der Waals surface area contributed by atoms with Crippen molar-refractivity contribution in [3.8, 4) is 0 Å². The first-order valence-corrected chi connectivity index (χ1v) is 16.9. The number of hydrogen-bond donors (Lipinski definition) is 0. The van der Waals surface area contributed by atoms with Gasteiger partial charge in [-0.2, -0.15) is 29.3 Å². The first-order valence-electron chi connectivity index (χ1n) is 16.1. The number of allylic oxidation sites excluding steroid dienone is 6. The zero-order chi connectivity index (χ0) is 31.2. The molecule has 0 aliphatic heterocycles. The van der Waals surface area contributed by atoms with Gasteiger partial charge in [-0.25, -0.2) is 18.1 Å². The van der Waals surface area contributed by atoms with E-state index in [-0.39, 0.29) is 46.5 Å². The Balaban J connectivity index is 0.000000286. The summed E-state index contributed by atoms with van der Waals surface area (Å²) in [5.74, 6) is 2.24. The summed E-state index contributed by atoms with van der Waals surface area (Å²) < 4.78 is 1.37. The van der Waals surface area contributed by atoms with Gasteiger partial charge in [-0.05, 0) is 40.6 Å². The first kappa shape index (κ1) is 37.5. The standard InChI is InChI=1S/C29H37.C8H8.C5H5.2ClH.Ti/c1-18-25-22-17-19-13-9-10-14-20(19)24(22)21-15-11-12-16-23(21)29(25,8)28(6,7)27(4,5)26(18,2)3;1-2-8-6-4-3-5-7-8;1-2-4-5-3-1;;;/h9-11,13-15,23H,12,16-17H2,1-8H3;3-7H,1H3;1-5H;2*1H;/q-1;;-1;;;+2/p-2. The largest absolute Gasteiger partial charge is 1.00 e. The van der Waals surface area contributed by atoms with Crippen molar-refractivity contribution in [3.63, 3.8) is 0 Å². The summed E-state index contributed by atoms with van der Waals surface area (Å²) in [4.78, 5) is 0. The van der Waals surface area contributed by atoms with Crippen LogP contribution in [0.2, 0.25) is 0 Å². The molecule has 0 spiro atoms. The molecule has 238 valence electrons. The van der Waals surface area contributed by atoms with Gasteiger partial charge in [0, 0.05) is 0 Å². The van der Waals surface area contributed by atoms with E-state index in [0.29, 0.717) is 5.92 Å². The molecule has 0 heterocycles. The molecule has 3 aromatic carbocycles. The van der Waals surface area contributed by atoms with Gasteiger partial charge >= 0.3 is 66.6 Å². The maximum Gasteiger partial charge on any atom is -0.172 e. The number of benzene rings is 2. The number of hydrogen-bond acceptors (Lipinski definition) is 0. The van der Waals surface area contributed by atoms with Gasteiger partial charge < -0.3 is 24.8 Å². The molecule has 0 saturated heterocycles. The summed E-state index contributed by atoms with van der Waals surface area (Å²) in [5, 5.41) is 0. The van der Waals surface area contributed by atoms with Gasteiger partial charge in [0.05, 0.1) is 0 Å². The van der Waals surface area contributed by atoms with Gasteiger partial charge in [0.1, 0.15) is 0 Å². The summed E-state index contributed by atoms with van der Waals surface area (Å²) in [6.45, 7) is 22.4. The molecule has 1 fully saturated rings.